The molecule has 0 aliphatic rings. The molecule has 1 heterocycles. The third-order valence-corrected chi connectivity index (χ3v) is 3.07. The van der Waals surface area contributed by atoms with Gasteiger partial charge in [-0.3, -0.25) is 4.79 Å². The van der Waals surface area contributed by atoms with Crippen molar-refractivity contribution in [2.75, 3.05) is 25.6 Å². The van der Waals surface area contributed by atoms with Gasteiger partial charge in [-0.15, -0.1) is 0 Å². The fourth-order valence-corrected chi connectivity index (χ4v) is 1.79. The fraction of sp³-hybridized carbons (Fsp3) is 0.312. The first-order valence-electron chi connectivity index (χ1n) is 7.07. The van der Waals surface area contributed by atoms with E-state index in [-0.39, 0.29) is 11.6 Å². The van der Waals surface area contributed by atoms with Crippen LogP contribution in [0.5, 0.6) is 0 Å². The van der Waals surface area contributed by atoms with E-state index in [0.717, 1.165) is 5.56 Å². The molecule has 0 unspecified atom stereocenters. The molecule has 0 bridgehead atoms. The van der Waals surface area contributed by atoms with E-state index in [0.29, 0.717) is 25.5 Å². The van der Waals surface area contributed by atoms with Gasteiger partial charge in [-0.25, -0.2) is 9.97 Å². The Morgan fingerprint density at radius 1 is 1.18 bits per heavy atom. The van der Waals surface area contributed by atoms with Gasteiger partial charge < -0.3 is 15.4 Å². The topological polar surface area (TPSA) is 76.1 Å². The molecule has 116 valence electrons. The average molecular weight is 300 g/mol. The first-order valence-corrected chi connectivity index (χ1v) is 7.07. The molecular formula is C16H20N4O2. The van der Waals surface area contributed by atoms with Crippen molar-refractivity contribution in [3.63, 3.8) is 0 Å². The summed E-state index contributed by atoms with van der Waals surface area (Å²) < 4.78 is 4.87. The summed E-state index contributed by atoms with van der Waals surface area (Å²) in [4.78, 5) is 20.1. The number of anilines is 1. The molecule has 0 saturated heterocycles. The lowest BCUT2D eigenvalue weighted by Crippen LogP contribution is -2.27. The van der Waals surface area contributed by atoms with Crippen LogP contribution in [0.15, 0.2) is 36.7 Å². The number of aromatic nitrogens is 2. The lowest BCUT2D eigenvalue weighted by atomic mass is 10.1. The van der Waals surface area contributed by atoms with Crippen LogP contribution in [0.2, 0.25) is 0 Å². The number of ether oxygens (including phenoxy) is 1. The zero-order valence-corrected chi connectivity index (χ0v) is 12.8. The summed E-state index contributed by atoms with van der Waals surface area (Å²) in [6.07, 6.45) is 3.01. The number of methoxy groups -OCH3 is 1. The molecule has 6 nitrogen and oxygen atoms in total. The zero-order valence-electron chi connectivity index (χ0n) is 12.8. The van der Waals surface area contributed by atoms with Crippen LogP contribution in [0.4, 0.5) is 5.82 Å². The molecule has 0 radical (unpaired) electrons. The van der Waals surface area contributed by atoms with Crippen molar-refractivity contribution < 1.29 is 9.53 Å². The van der Waals surface area contributed by atoms with E-state index in [1.54, 1.807) is 13.3 Å². The third-order valence-electron chi connectivity index (χ3n) is 3.07. The molecule has 0 aliphatic carbocycles. The molecule has 2 rings (SSSR count). The van der Waals surface area contributed by atoms with Crippen LogP contribution in [0, 0.1) is 6.92 Å². The number of rotatable bonds is 7. The summed E-state index contributed by atoms with van der Waals surface area (Å²) >= 11 is 0. The quantitative estimate of drug-likeness (QED) is 0.762. The maximum Gasteiger partial charge on any atom is 0.271 e. The van der Waals surface area contributed by atoms with Crippen LogP contribution in [-0.2, 0) is 11.3 Å². The molecule has 1 aromatic heterocycles. The number of aryl methyl sites for hydroxylation is 1. The molecule has 2 N–H and O–H groups in total. The third kappa shape index (κ3) is 4.82. The van der Waals surface area contributed by atoms with Crippen LogP contribution in [0.1, 0.15) is 21.6 Å². The summed E-state index contributed by atoms with van der Waals surface area (Å²) in [5, 5.41) is 5.87. The molecule has 0 spiro atoms. The Balaban J connectivity index is 1.86. The minimum absolute atomic E-state index is 0.255. The lowest BCUT2D eigenvalue weighted by molar-refractivity contribution is 0.0932. The van der Waals surface area contributed by atoms with Gasteiger partial charge in [0.25, 0.3) is 5.91 Å². The predicted molar refractivity (Wildman–Crippen MR) is 84.7 cm³/mol. The van der Waals surface area contributed by atoms with Crippen molar-refractivity contribution in [2.45, 2.75) is 13.5 Å². The van der Waals surface area contributed by atoms with E-state index in [1.807, 2.05) is 0 Å². The summed E-state index contributed by atoms with van der Waals surface area (Å²) in [6, 6.07) is 8.26. The molecule has 6 heteroatoms. The lowest BCUT2D eigenvalue weighted by Gasteiger charge is -2.07. The predicted octanol–water partition coefficient (Wildman–Crippen LogP) is 1.77. The fourth-order valence-electron chi connectivity index (χ4n) is 1.79. The number of carbonyl (C=O) groups is 1. The highest BCUT2D eigenvalue weighted by Gasteiger charge is 2.07. The monoisotopic (exact) mass is 300 g/mol. The first-order chi connectivity index (χ1) is 10.7. The Morgan fingerprint density at radius 2 is 1.95 bits per heavy atom. The van der Waals surface area contributed by atoms with Crippen molar-refractivity contribution in [1.29, 1.82) is 0 Å². The van der Waals surface area contributed by atoms with E-state index >= 15 is 0 Å². The highest BCUT2D eigenvalue weighted by molar-refractivity contribution is 5.91. The molecule has 1 amide bonds. The smallest absolute Gasteiger partial charge is 0.271 e. The van der Waals surface area contributed by atoms with Crippen LogP contribution < -0.4 is 10.6 Å². The van der Waals surface area contributed by atoms with Gasteiger partial charge in [0, 0.05) is 20.2 Å². The SMILES string of the molecule is COCCNC(=O)c1cnc(NCc2ccc(C)cc2)cn1. The van der Waals surface area contributed by atoms with Crippen molar-refractivity contribution in [2.24, 2.45) is 0 Å². The number of carbonyl (C=O) groups excluding carboxylic acids is 1. The Morgan fingerprint density at radius 3 is 2.59 bits per heavy atom. The normalized spacial score (nSPS) is 10.3. The Hall–Kier alpha value is -2.47. The molecule has 22 heavy (non-hydrogen) atoms. The average Bonchev–Trinajstić information content (AvgIpc) is 2.55. The van der Waals surface area contributed by atoms with Crippen LogP contribution >= 0.6 is 0 Å². The summed E-state index contributed by atoms with van der Waals surface area (Å²) in [5.41, 5.74) is 2.68. The number of amides is 1. The van der Waals surface area contributed by atoms with E-state index in [9.17, 15) is 4.79 Å². The van der Waals surface area contributed by atoms with Crippen molar-refractivity contribution >= 4 is 11.7 Å². The summed E-state index contributed by atoms with van der Waals surface area (Å²) in [6.45, 7) is 3.63. The Bertz CT molecular complexity index is 597. The number of benzene rings is 1. The van der Waals surface area contributed by atoms with E-state index in [1.165, 1.54) is 11.8 Å². The summed E-state index contributed by atoms with van der Waals surface area (Å²) in [5.74, 6) is 0.378. The van der Waals surface area contributed by atoms with Crippen LogP contribution in [0.3, 0.4) is 0 Å². The Kier molecular flexibility index (Phi) is 5.85. The minimum atomic E-state index is -0.255. The molecule has 1 aromatic carbocycles. The second-order valence-electron chi connectivity index (χ2n) is 4.87. The first kappa shape index (κ1) is 15.9. The van der Waals surface area contributed by atoms with Crippen molar-refractivity contribution in [1.82, 2.24) is 15.3 Å². The maximum atomic E-state index is 11.8. The standard InChI is InChI=1S/C16H20N4O2/c1-12-3-5-13(6-4-12)9-19-15-11-18-14(10-20-15)16(21)17-7-8-22-2/h3-6,10-11H,7-9H2,1-2H3,(H,17,21)(H,19,20). The zero-order chi connectivity index (χ0) is 15.8. The van der Waals surface area contributed by atoms with Crippen molar-refractivity contribution in [3.8, 4) is 0 Å². The van der Waals surface area contributed by atoms with Gasteiger partial charge in [0.05, 0.1) is 19.0 Å². The summed E-state index contributed by atoms with van der Waals surface area (Å²) in [7, 11) is 1.58. The second kappa shape index (κ2) is 8.09. The van der Waals surface area contributed by atoms with E-state index in [2.05, 4.69) is 51.8 Å². The molecule has 0 atom stereocenters. The number of nitrogens with zero attached hydrogens (tertiary/aromatic N) is 2. The molecular weight excluding hydrogens is 280 g/mol. The van der Waals surface area contributed by atoms with E-state index in [4.69, 9.17) is 4.74 Å². The van der Waals surface area contributed by atoms with Gasteiger partial charge in [0.1, 0.15) is 11.5 Å². The number of hydrogen-bond acceptors (Lipinski definition) is 5. The van der Waals surface area contributed by atoms with Gasteiger partial charge in [-0.2, -0.15) is 0 Å². The molecule has 0 fully saturated rings. The van der Waals surface area contributed by atoms with Crippen molar-refractivity contribution in [3.05, 3.63) is 53.5 Å². The number of hydrogen-bond donors (Lipinski definition) is 2. The van der Waals surface area contributed by atoms with E-state index < -0.39 is 0 Å². The molecule has 0 aliphatic heterocycles. The second-order valence-corrected chi connectivity index (χ2v) is 4.87. The maximum absolute atomic E-state index is 11.8. The van der Waals surface area contributed by atoms with Crippen LogP contribution in [-0.4, -0.2) is 36.1 Å². The number of nitrogens with one attached hydrogen (secondary N) is 2. The van der Waals surface area contributed by atoms with Crippen LogP contribution in [0.25, 0.3) is 0 Å². The largest absolute Gasteiger partial charge is 0.383 e. The van der Waals surface area contributed by atoms with Gasteiger partial charge >= 0.3 is 0 Å². The molecule has 2 aromatic rings. The highest BCUT2D eigenvalue weighted by Crippen LogP contribution is 2.07. The highest BCUT2D eigenvalue weighted by atomic mass is 16.5. The minimum Gasteiger partial charge on any atom is -0.383 e. The van der Waals surface area contributed by atoms with Gasteiger partial charge in [-0.1, -0.05) is 29.8 Å². The van der Waals surface area contributed by atoms with Gasteiger partial charge in [0.15, 0.2) is 0 Å². The molecule has 0 saturated carbocycles. The van der Waals surface area contributed by atoms with Gasteiger partial charge in [-0.05, 0) is 12.5 Å². The van der Waals surface area contributed by atoms with Gasteiger partial charge in [0.2, 0.25) is 0 Å². The Labute approximate surface area is 129 Å².